The summed E-state index contributed by atoms with van der Waals surface area (Å²) in [6.07, 6.45) is 0.819. The number of aldehydes is 1. The summed E-state index contributed by atoms with van der Waals surface area (Å²) in [6, 6.07) is 7.35. The van der Waals surface area contributed by atoms with Gasteiger partial charge in [0.25, 0.3) is 0 Å². The molecule has 1 aromatic rings. The minimum atomic E-state index is 0.0443. The van der Waals surface area contributed by atoms with Crippen molar-refractivity contribution in [2.45, 2.75) is 12.2 Å². The van der Waals surface area contributed by atoms with Crippen LogP contribution in [0.15, 0.2) is 24.3 Å². The van der Waals surface area contributed by atoms with Gasteiger partial charge in [-0.25, -0.2) is 0 Å². The van der Waals surface area contributed by atoms with E-state index in [9.17, 15) is 9.59 Å². The van der Waals surface area contributed by atoms with Crippen molar-refractivity contribution in [3.05, 3.63) is 35.4 Å². The third-order valence-electron chi connectivity index (χ3n) is 1.56. The second kappa shape index (κ2) is 4.95. The van der Waals surface area contributed by atoms with E-state index in [1.807, 2.05) is 12.1 Å². The molecule has 0 amide bonds. The Bertz CT molecular complexity index is 303. The van der Waals surface area contributed by atoms with Crippen LogP contribution >= 0.6 is 0 Å². The number of carbonyl (C=O) groups excluding carboxylic acids is 2. The summed E-state index contributed by atoms with van der Waals surface area (Å²) in [5.74, 6) is 0. The molecule has 0 saturated carbocycles. The van der Waals surface area contributed by atoms with Crippen LogP contribution in [0.1, 0.15) is 22.8 Å². The first-order valence-corrected chi connectivity index (χ1v) is 5.96. The van der Waals surface area contributed by atoms with E-state index in [1.54, 1.807) is 19.1 Å². The fourth-order valence-corrected chi connectivity index (χ4v) is 2.06. The normalized spacial score (nSPS) is 9.62. The molecule has 0 radical (unpaired) electrons. The molecule has 0 unspecified atom stereocenters. The van der Waals surface area contributed by atoms with Gasteiger partial charge in [0.15, 0.2) is 0 Å². The molecule has 0 bridgehead atoms. The third-order valence-corrected chi connectivity index (χ3v) is 3.41. The van der Waals surface area contributed by atoms with Gasteiger partial charge in [-0.1, -0.05) is 0 Å². The fraction of sp³-hybridized carbons (Fsp3) is 0.200. The summed E-state index contributed by atoms with van der Waals surface area (Å²) in [6.45, 7) is 1.61. The molecule has 0 aliphatic carbocycles. The van der Waals surface area contributed by atoms with Crippen molar-refractivity contribution >= 4 is 25.9 Å². The van der Waals surface area contributed by atoms with Crippen LogP contribution in [0.2, 0.25) is 0 Å². The second-order valence-corrected chi connectivity index (χ2v) is 5.06. The van der Waals surface area contributed by atoms with E-state index in [4.69, 9.17) is 0 Å². The van der Waals surface area contributed by atoms with Crippen molar-refractivity contribution in [2.24, 2.45) is 0 Å². The van der Waals surface area contributed by atoms with Crippen LogP contribution < -0.4 is 0 Å². The standard InChI is InChI=1S/C10H10O2Se/c1-8(12)13-7-10-4-2-9(6-11)3-5-10/h2-6H,7H2,1H3. The first-order valence-electron chi connectivity index (χ1n) is 3.90. The van der Waals surface area contributed by atoms with Crippen LogP contribution in [-0.4, -0.2) is 25.9 Å². The maximum absolute atomic E-state index is 10.7. The van der Waals surface area contributed by atoms with Crippen LogP contribution in [0, 0.1) is 0 Å². The van der Waals surface area contributed by atoms with E-state index in [0.717, 1.165) is 17.2 Å². The number of hydrogen-bond donors (Lipinski definition) is 0. The summed E-state index contributed by atoms with van der Waals surface area (Å²) in [5.41, 5.74) is 1.81. The predicted octanol–water partition coefficient (Wildman–Crippen LogP) is 1.25. The van der Waals surface area contributed by atoms with E-state index in [0.29, 0.717) is 5.56 Å². The zero-order chi connectivity index (χ0) is 9.68. The van der Waals surface area contributed by atoms with Crippen LogP contribution in [0.4, 0.5) is 0 Å². The Labute approximate surface area is 83.5 Å². The molecule has 13 heavy (non-hydrogen) atoms. The Morgan fingerprint density at radius 2 is 2.00 bits per heavy atom. The molecule has 0 aliphatic rings. The molecule has 1 aromatic carbocycles. The first-order chi connectivity index (χ1) is 6.22. The van der Waals surface area contributed by atoms with Gasteiger partial charge in [0.2, 0.25) is 0 Å². The number of carbonyl (C=O) groups is 2. The average Bonchev–Trinajstić information content (AvgIpc) is 2.15. The SMILES string of the molecule is CC(=O)[Se]Cc1ccc(C=O)cc1. The Balaban J connectivity index is 2.59. The van der Waals surface area contributed by atoms with Gasteiger partial charge in [-0.05, 0) is 0 Å². The number of benzene rings is 1. The topological polar surface area (TPSA) is 34.1 Å². The molecule has 0 saturated heterocycles. The first kappa shape index (κ1) is 10.2. The zero-order valence-electron chi connectivity index (χ0n) is 7.32. The monoisotopic (exact) mass is 242 g/mol. The molecule has 0 spiro atoms. The molecule has 0 fully saturated rings. The van der Waals surface area contributed by atoms with Crippen molar-refractivity contribution in [1.82, 2.24) is 0 Å². The van der Waals surface area contributed by atoms with Crippen molar-refractivity contribution in [3.8, 4) is 0 Å². The fourth-order valence-electron chi connectivity index (χ4n) is 0.877. The minimum absolute atomic E-state index is 0.0443. The summed E-state index contributed by atoms with van der Waals surface area (Å²) in [7, 11) is 0. The molecule has 0 N–H and O–H groups in total. The van der Waals surface area contributed by atoms with E-state index in [2.05, 4.69) is 0 Å². The zero-order valence-corrected chi connectivity index (χ0v) is 9.03. The van der Waals surface area contributed by atoms with Crippen LogP contribution in [0.3, 0.4) is 0 Å². The third kappa shape index (κ3) is 3.53. The van der Waals surface area contributed by atoms with Gasteiger partial charge in [0, 0.05) is 0 Å². The quantitative estimate of drug-likeness (QED) is 0.587. The molecule has 0 aliphatic heterocycles. The Morgan fingerprint density at radius 1 is 1.38 bits per heavy atom. The number of rotatable bonds is 4. The van der Waals surface area contributed by atoms with Gasteiger partial charge in [-0.3, -0.25) is 0 Å². The van der Waals surface area contributed by atoms with Crippen molar-refractivity contribution in [2.75, 3.05) is 0 Å². The van der Waals surface area contributed by atoms with E-state index >= 15 is 0 Å². The molecule has 0 aromatic heterocycles. The Kier molecular flexibility index (Phi) is 3.87. The van der Waals surface area contributed by atoms with Gasteiger partial charge in [-0.15, -0.1) is 0 Å². The number of hydrogen-bond acceptors (Lipinski definition) is 2. The molecule has 3 heteroatoms. The van der Waals surface area contributed by atoms with E-state index in [-0.39, 0.29) is 19.6 Å². The van der Waals surface area contributed by atoms with E-state index in [1.165, 1.54) is 0 Å². The summed E-state index contributed by atoms with van der Waals surface area (Å²) in [5, 5.41) is 0.821. The summed E-state index contributed by atoms with van der Waals surface area (Å²) in [4.78, 5) is 21.0. The van der Waals surface area contributed by atoms with Crippen molar-refractivity contribution < 1.29 is 9.59 Å². The van der Waals surface area contributed by atoms with Gasteiger partial charge < -0.3 is 0 Å². The maximum atomic E-state index is 10.7. The molecular weight excluding hydrogens is 231 g/mol. The molecule has 0 atom stereocenters. The van der Waals surface area contributed by atoms with Gasteiger partial charge >= 0.3 is 83.1 Å². The van der Waals surface area contributed by atoms with Crippen LogP contribution in [-0.2, 0) is 10.1 Å². The second-order valence-electron chi connectivity index (χ2n) is 2.64. The molecule has 68 valence electrons. The average molecular weight is 241 g/mol. The molecule has 0 heterocycles. The van der Waals surface area contributed by atoms with E-state index < -0.39 is 0 Å². The Hall–Kier alpha value is -0.921. The Morgan fingerprint density at radius 3 is 2.46 bits per heavy atom. The summed E-state index contributed by atoms with van der Waals surface area (Å²) >= 11 is 0.0443. The van der Waals surface area contributed by atoms with Gasteiger partial charge in [0.05, 0.1) is 0 Å². The van der Waals surface area contributed by atoms with Crippen molar-refractivity contribution in [3.63, 3.8) is 0 Å². The molecular formula is C10H10O2Se. The van der Waals surface area contributed by atoms with Crippen LogP contribution in [0.5, 0.6) is 0 Å². The summed E-state index contributed by atoms with van der Waals surface area (Å²) < 4.78 is 0.256. The van der Waals surface area contributed by atoms with Crippen molar-refractivity contribution in [1.29, 1.82) is 0 Å². The molecule has 2 nitrogen and oxygen atoms in total. The molecule has 1 rings (SSSR count). The predicted molar refractivity (Wildman–Crippen MR) is 52.0 cm³/mol. The van der Waals surface area contributed by atoms with Gasteiger partial charge in [-0.2, -0.15) is 0 Å². The van der Waals surface area contributed by atoms with Gasteiger partial charge in [0.1, 0.15) is 0 Å². The van der Waals surface area contributed by atoms with Crippen LogP contribution in [0.25, 0.3) is 0 Å².